The lowest BCUT2D eigenvalue weighted by molar-refractivity contribution is -0.143. The lowest BCUT2D eigenvalue weighted by Gasteiger charge is -2.22. The van der Waals surface area contributed by atoms with Gasteiger partial charge in [0.25, 0.3) is 0 Å². The van der Waals surface area contributed by atoms with Crippen LogP contribution in [0.3, 0.4) is 0 Å². The molecule has 1 amide bonds. The smallest absolute Gasteiger partial charge is 0.308 e. The van der Waals surface area contributed by atoms with E-state index in [4.69, 9.17) is 0 Å². The Morgan fingerprint density at radius 2 is 1.78 bits per heavy atom. The van der Waals surface area contributed by atoms with Crippen LogP contribution in [0.15, 0.2) is 0 Å². The number of carbonyl (C=O) groups is 2. The molecule has 2 rings (SSSR count). The van der Waals surface area contributed by atoms with Gasteiger partial charge in [-0.2, -0.15) is 0 Å². The van der Waals surface area contributed by atoms with Crippen LogP contribution in [0.5, 0.6) is 0 Å². The van der Waals surface area contributed by atoms with Crippen molar-refractivity contribution < 1.29 is 14.7 Å². The number of aliphatic carboxylic acids is 1. The number of nitrogens with one attached hydrogen (secondary N) is 2. The van der Waals surface area contributed by atoms with Gasteiger partial charge in [-0.25, -0.2) is 0 Å². The van der Waals surface area contributed by atoms with Crippen molar-refractivity contribution in [3.8, 4) is 0 Å². The molecule has 2 unspecified atom stereocenters. The third-order valence-corrected chi connectivity index (χ3v) is 3.81. The van der Waals surface area contributed by atoms with Gasteiger partial charge in [0.2, 0.25) is 5.91 Å². The fourth-order valence-electron chi connectivity index (χ4n) is 2.56. The fourth-order valence-corrected chi connectivity index (χ4v) is 2.56. The van der Waals surface area contributed by atoms with Crippen LogP contribution in [0, 0.1) is 5.92 Å². The summed E-state index contributed by atoms with van der Waals surface area (Å²) in [6.07, 6.45) is 6.77. The molecule has 0 saturated heterocycles. The van der Waals surface area contributed by atoms with Crippen LogP contribution in [0.2, 0.25) is 0 Å². The van der Waals surface area contributed by atoms with Gasteiger partial charge in [-0.05, 0) is 25.7 Å². The number of hydrogen-bond acceptors (Lipinski definition) is 3. The first-order valence-electron chi connectivity index (χ1n) is 6.92. The Morgan fingerprint density at radius 3 is 2.44 bits per heavy atom. The van der Waals surface area contributed by atoms with Crippen molar-refractivity contribution in [3.05, 3.63) is 0 Å². The Labute approximate surface area is 107 Å². The van der Waals surface area contributed by atoms with Crippen LogP contribution in [-0.4, -0.2) is 35.6 Å². The van der Waals surface area contributed by atoms with E-state index in [1.54, 1.807) is 0 Å². The van der Waals surface area contributed by atoms with Crippen molar-refractivity contribution in [1.29, 1.82) is 0 Å². The number of hydrogen-bond donors (Lipinski definition) is 3. The lowest BCUT2D eigenvalue weighted by atomic mass is 9.95. The maximum absolute atomic E-state index is 11.8. The maximum Gasteiger partial charge on any atom is 0.308 e. The van der Waals surface area contributed by atoms with Crippen LogP contribution in [0.4, 0.5) is 0 Å². The molecule has 0 bridgehead atoms. The quantitative estimate of drug-likeness (QED) is 0.637. The largest absolute Gasteiger partial charge is 0.481 e. The van der Waals surface area contributed by atoms with E-state index < -0.39 is 11.9 Å². The molecule has 0 aromatic heterocycles. The van der Waals surface area contributed by atoms with Gasteiger partial charge >= 0.3 is 5.97 Å². The van der Waals surface area contributed by atoms with E-state index in [2.05, 4.69) is 10.6 Å². The Balaban J connectivity index is 1.82. The summed E-state index contributed by atoms with van der Waals surface area (Å²) in [5.41, 5.74) is 0. The molecule has 0 aromatic carbocycles. The first-order chi connectivity index (χ1) is 8.66. The predicted molar refractivity (Wildman–Crippen MR) is 67.2 cm³/mol. The summed E-state index contributed by atoms with van der Waals surface area (Å²) in [6.45, 7) is 0.313. The minimum Gasteiger partial charge on any atom is -0.481 e. The second-order valence-electron chi connectivity index (χ2n) is 5.41. The highest BCUT2D eigenvalue weighted by Crippen LogP contribution is 2.24. The third-order valence-electron chi connectivity index (χ3n) is 3.81. The summed E-state index contributed by atoms with van der Waals surface area (Å²) in [5, 5.41) is 15.2. The van der Waals surface area contributed by atoms with Crippen LogP contribution in [-0.2, 0) is 9.59 Å². The van der Waals surface area contributed by atoms with Crippen molar-refractivity contribution in [1.82, 2.24) is 10.6 Å². The Hall–Kier alpha value is -1.10. The summed E-state index contributed by atoms with van der Waals surface area (Å²) >= 11 is 0. The molecule has 18 heavy (non-hydrogen) atoms. The number of rotatable bonds is 5. The molecule has 0 radical (unpaired) electrons. The Bertz CT molecular complexity index is 315. The number of carbonyl (C=O) groups excluding carboxylic acids is 1. The SMILES string of the molecule is O=C(CNC1CC1)NC1CCCCCC1C(=O)O. The van der Waals surface area contributed by atoms with Gasteiger partial charge in [0.1, 0.15) is 0 Å². The molecular formula is C13H22N2O3. The molecule has 0 spiro atoms. The lowest BCUT2D eigenvalue weighted by Crippen LogP contribution is -2.46. The van der Waals surface area contributed by atoms with Crippen molar-refractivity contribution in [2.24, 2.45) is 5.92 Å². The molecule has 0 aliphatic heterocycles. The van der Waals surface area contributed by atoms with Gasteiger partial charge in [-0.3, -0.25) is 9.59 Å². The topological polar surface area (TPSA) is 78.4 Å². The Morgan fingerprint density at radius 1 is 1.06 bits per heavy atom. The Kier molecular flexibility index (Phi) is 4.58. The van der Waals surface area contributed by atoms with Crippen LogP contribution < -0.4 is 10.6 Å². The highest BCUT2D eigenvalue weighted by Gasteiger charge is 2.30. The summed E-state index contributed by atoms with van der Waals surface area (Å²) in [4.78, 5) is 23.0. The molecule has 5 nitrogen and oxygen atoms in total. The summed E-state index contributed by atoms with van der Waals surface area (Å²) in [7, 11) is 0. The molecule has 0 aromatic rings. The first-order valence-corrected chi connectivity index (χ1v) is 6.92. The van der Waals surface area contributed by atoms with Gasteiger partial charge < -0.3 is 15.7 Å². The number of carboxylic acid groups (broad SMARTS) is 1. The average Bonchev–Trinajstić information content (AvgIpc) is 3.13. The summed E-state index contributed by atoms with van der Waals surface area (Å²) < 4.78 is 0. The number of amides is 1. The molecule has 102 valence electrons. The summed E-state index contributed by atoms with van der Waals surface area (Å²) in [5.74, 6) is -1.27. The molecule has 3 N–H and O–H groups in total. The normalized spacial score (nSPS) is 28.4. The molecule has 2 aliphatic carbocycles. The van der Waals surface area contributed by atoms with E-state index in [-0.39, 0.29) is 11.9 Å². The minimum atomic E-state index is -0.780. The molecule has 5 heteroatoms. The van der Waals surface area contributed by atoms with E-state index in [1.807, 2.05) is 0 Å². The maximum atomic E-state index is 11.8. The molecule has 2 saturated carbocycles. The van der Waals surface area contributed by atoms with E-state index in [1.165, 1.54) is 0 Å². The first kappa shape index (κ1) is 13.3. The van der Waals surface area contributed by atoms with Gasteiger partial charge in [-0.15, -0.1) is 0 Å². The highest BCUT2D eigenvalue weighted by molar-refractivity contribution is 5.79. The van der Waals surface area contributed by atoms with Crippen molar-refractivity contribution in [2.45, 2.75) is 57.0 Å². The highest BCUT2D eigenvalue weighted by atomic mass is 16.4. The fraction of sp³-hybridized carbons (Fsp3) is 0.846. The number of carboxylic acids is 1. The molecule has 2 aliphatic rings. The van der Waals surface area contributed by atoms with Gasteiger partial charge in [-0.1, -0.05) is 19.3 Å². The van der Waals surface area contributed by atoms with E-state index in [0.717, 1.165) is 38.5 Å². The van der Waals surface area contributed by atoms with Gasteiger partial charge in [0, 0.05) is 12.1 Å². The minimum absolute atomic E-state index is 0.0694. The second-order valence-corrected chi connectivity index (χ2v) is 5.41. The standard InChI is InChI=1S/C13H22N2O3/c16-12(8-14-9-6-7-9)15-11-5-3-1-2-4-10(11)13(17)18/h9-11,14H,1-8H2,(H,15,16)(H,17,18). The summed E-state index contributed by atoms with van der Waals surface area (Å²) in [6, 6.07) is 0.304. The van der Waals surface area contributed by atoms with Crippen LogP contribution >= 0.6 is 0 Å². The van der Waals surface area contributed by atoms with Crippen molar-refractivity contribution in [3.63, 3.8) is 0 Å². The van der Waals surface area contributed by atoms with Crippen molar-refractivity contribution >= 4 is 11.9 Å². The van der Waals surface area contributed by atoms with Gasteiger partial charge in [0.15, 0.2) is 0 Å². The molecular weight excluding hydrogens is 232 g/mol. The third kappa shape index (κ3) is 3.98. The molecule has 0 heterocycles. The average molecular weight is 254 g/mol. The molecule has 2 atom stereocenters. The predicted octanol–water partition coefficient (Wildman–Crippen LogP) is 0.888. The van der Waals surface area contributed by atoms with Crippen molar-refractivity contribution in [2.75, 3.05) is 6.54 Å². The zero-order chi connectivity index (χ0) is 13.0. The van der Waals surface area contributed by atoms with E-state index >= 15 is 0 Å². The zero-order valence-electron chi connectivity index (χ0n) is 10.7. The monoisotopic (exact) mass is 254 g/mol. The zero-order valence-corrected chi connectivity index (χ0v) is 10.7. The van der Waals surface area contributed by atoms with Gasteiger partial charge in [0.05, 0.1) is 12.5 Å². The molecule has 2 fully saturated rings. The van der Waals surface area contributed by atoms with E-state index in [9.17, 15) is 14.7 Å². The second kappa shape index (κ2) is 6.18. The van der Waals surface area contributed by atoms with Crippen LogP contribution in [0.25, 0.3) is 0 Å². The van der Waals surface area contributed by atoms with E-state index in [0.29, 0.717) is 19.0 Å². The van der Waals surface area contributed by atoms with Crippen LogP contribution in [0.1, 0.15) is 44.9 Å².